The van der Waals surface area contributed by atoms with E-state index in [4.69, 9.17) is 14.7 Å². The summed E-state index contributed by atoms with van der Waals surface area (Å²) < 4.78 is 6.57. The molecule has 0 radical (unpaired) electrons. The highest BCUT2D eigenvalue weighted by Gasteiger charge is 2.21. The van der Waals surface area contributed by atoms with Crippen molar-refractivity contribution in [3.05, 3.63) is 65.4 Å². The Bertz CT molecular complexity index is 1480. The van der Waals surface area contributed by atoms with Crippen molar-refractivity contribution in [3.63, 3.8) is 0 Å². The van der Waals surface area contributed by atoms with Crippen LogP contribution < -0.4 is 10.2 Å². The molecule has 4 aromatic heterocycles. The van der Waals surface area contributed by atoms with Crippen molar-refractivity contribution < 1.29 is 9.53 Å². The normalized spacial score (nSPS) is 14.1. The molecular weight excluding hydrogens is 450 g/mol. The molecule has 9 nitrogen and oxygen atoms in total. The van der Waals surface area contributed by atoms with Gasteiger partial charge in [-0.1, -0.05) is 12.1 Å². The first-order valence-corrected chi connectivity index (χ1v) is 11.8. The number of carbonyl (C=O) groups is 1. The van der Waals surface area contributed by atoms with Crippen LogP contribution in [0.5, 0.6) is 0 Å². The second-order valence-electron chi connectivity index (χ2n) is 7.96. The Balaban J connectivity index is 1.39. The number of H-pyrrole nitrogens is 1. The van der Waals surface area contributed by atoms with Gasteiger partial charge in [0.1, 0.15) is 0 Å². The van der Waals surface area contributed by atoms with Crippen molar-refractivity contribution in [3.8, 4) is 11.4 Å². The van der Waals surface area contributed by atoms with Gasteiger partial charge in [-0.3, -0.25) is 14.9 Å². The Hall–Kier alpha value is -3.89. The van der Waals surface area contributed by atoms with Gasteiger partial charge in [-0.05, 0) is 24.3 Å². The number of hydrogen-bond acceptors (Lipinski definition) is 8. The van der Waals surface area contributed by atoms with Crippen molar-refractivity contribution in [1.82, 2.24) is 30.5 Å². The number of aromatic amines is 1. The van der Waals surface area contributed by atoms with Crippen molar-refractivity contribution in [2.75, 3.05) is 31.2 Å². The smallest absolute Gasteiger partial charge is 0.253 e. The Morgan fingerprint density at radius 1 is 1.15 bits per heavy atom. The van der Waals surface area contributed by atoms with E-state index in [1.165, 1.54) is 0 Å². The van der Waals surface area contributed by atoms with E-state index in [0.29, 0.717) is 31.1 Å². The lowest BCUT2D eigenvalue weighted by Crippen LogP contribution is -2.36. The highest BCUT2D eigenvalue weighted by molar-refractivity contribution is 7.19. The molecular formula is C24H21N7O2S. The molecule has 2 N–H and O–H groups in total. The van der Waals surface area contributed by atoms with Gasteiger partial charge in [0.05, 0.1) is 47.3 Å². The van der Waals surface area contributed by atoms with Gasteiger partial charge in [-0.15, -0.1) is 11.3 Å². The number of fused-ring (bicyclic) bond motifs is 2. The van der Waals surface area contributed by atoms with Crippen LogP contribution in [0, 0.1) is 0 Å². The molecule has 1 saturated heterocycles. The molecule has 5 heterocycles. The van der Waals surface area contributed by atoms with Crippen molar-refractivity contribution >= 4 is 44.2 Å². The zero-order valence-corrected chi connectivity index (χ0v) is 19.0. The zero-order valence-electron chi connectivity index (χ0n) is 18.2. The van der Waals surface area contributed by atoms with Gasteiger partial charge in [0.2, 0.25) is 0 Å². The highest BCUT2D eigenvalue weighted by atomic mass is 32.1. The Morgan fingerprint density at radius 3 is 2.91 bits per heavy atom. The van der Waals surface area contributed by atoms with Gasteiger partial charge in [0, 0.05) is 41.3 Å². The SMILES string of the molecule is O=C(NCc1cc2nc(-c3cccc4[nH]ncc34)nc(N3CCOCC3)c2s1)c1cccnc1. The third kappa shape index (κ3) is 3.87. The first-order chi connectivity index (χ1) is 16.8. The molecule has 170 valence electrons. The molecule has 5 aromatic rings. The number of pyridine rings is 1. The number of rotatable bonds is 5. The van der Waals surface area contributed by atoms with Crippen molar-refractivity contribution in [2.45, 2.75) is 6.54 Å². The average molecular weight is 472 g/mol. The first-order valence-electron chi connectivity index (χ1n) is 11.0. The van der Waals surface area contributed by atoms with Crippen LogP contribution in [0.25, 0.3) is 32.5 Å². The van der Waals surface area contributed by atoms with Gasteiger partial charge in [-0.2, -0.15) is 5.10 Å². The van der Waals surface area contributed by atoms with E-state index in [-0.39, 0.29) is 5.91 Å². The van der Waals surface area contributed by atoms with Crippen LogP contribution in [0.1, 0.15) is 15.2 Å². The van der Waals surface area contributed by atoms with Gasteiger partial charge in [0.15, 0.2) is 11.6 Å². The lowest BCUT2D eigenvalue weighted by molar-refractivity contribution is 0.0951. The average Bonchev–Trinajstić information content (AvgIpc) is 3.54. The second-order valence-corrected chi connectivity index (χ2v) is 9.10. The first kappa shape index (κ1) is 20.7. The fourth-order valence-corrected chi connectivity index (χ4v) is 5.14. The van der Waals surface area contributed by atoms with E-state index in [2.05, 4.69) is 25.4 Å². The number of nitrogens with one attached hydrogen (secondary N) is 2. The third-order valence-corrected chi connectivity index (χ3v) is 6.91. The minimum Gasteiger partial charge on any atom is -0.378 e. The van der Waals surface area contributed by atoms with E-state index in [9.17, 15) is 4.79 Å². The number of nitrogens with zero attached hydrogens (tertiary/aromatic N) is 5. The molecule has 0 aliphatic carbocycles. The Morgan fingerprint density at radius 2 is 2.06 bits per heavy atom. The number of morpholine rings is 1. The molecule has 0 spiro atoms. The van der Waals surface area contributed by atoms with Crippen molar-refractivity contribution in [2.24, 2.45) is 0 Å². The predicted molar refractivity (Wildman–Crippen MR) is 131 cm³/mol. The lowest BCUT2D eigenvalue weighted by Gasteiger charge is -2.28. The minimum absolute atomic E-state index is 0.155. The topological polar surface area (TPSA) is 109 Å². The Labute approximate surface area is 198 Å². The van der Waals surface area contributed by atoms with Gasteiger partial charge in [0.25, 0.3) is 5.91 Å². The molecule has 1 aromatic carbocycles. The summed E-state index contributed by atoms with van der Waals surface area (Å²) >= 11 is 1.61. The largest absolute Gasteiger partial charge is 0.378 e. The fraction of sp³-hybridized carbons (Fsp3) is 0.208. The van der Waals surface area contributed by atoms with Crippen LogP contribution in [0.4, 0.5) is 5.82 Å². The maximum absolute atomic E-state index is 12.5. The van der Waals surface area contributed by atoms with Crippen LogP contribution in [0.15, 0.2) is 55.0 Å². The second kappa shape index (κ2) is 8.81. The molecule has 1 aliphatic heterocycles. The summed E-state index contributed by atoms with van der Waals surface area (Å²) in [7, 11) is 0. The zero-order chi connectivity index (χ0) is 22.9. The predicted octanol–water partition coefficient (Wildman–Crippen LogP) is 3.40. The molecule has 0 bridgehead atoms. The van der Waals surface area contributed by atoms with Crippen LogP contribution in [-0.4, -0.2) is 57.4 Å². The molecule has 0 saturated carbocycles. The molecule has 0 atom stereocenters. The quantitative estimate of drug-likeness (QED) is 0.404. The Kier molecular flexibility index (Phi) is 5.36. The summed E-state index contributed by atoms with van der Waals surface area (Å²) in [5, 5.41) is 11.2. The van der Waals surface area contributed by atoms with Gasteiger partial charge in [-0.25, -0.2) is 9.97 Å². The van der Waals surface area contributed by atoms with Crippen LogP contribution in [0.3, 0.4) is 0 Å². The van der Waals surface area contributed by atoms with Crippen LogP contribution in [0.2, 0.25) is 0 Å². The fourth-order valence-electron chi connectivity index (χ4n) is 4.09. The summed E-state index contributed by atoms with van der Waals surface area (Å²) in [6.45, 7) is 3.28. The van der Waals surface area contributed by atoms with E-state index in [1.807, 2.05) is 24.3 Å². The standard InChI is InChI=1S/C24H21N7O2S/c32-24(15-3-2-6-25-12-15)26-13-16-11-20-21(34-16)23(31-7-9-33-10-8-31)29-22(28-20)17-4-1-5-19-18(17)14-27-30-19/h1-6,11-12,14H,7-10,13H2,(H,26,32)(H,27,30). The highest BCUT2D eigenvalue weighted by Crippen LogP contribution is 2.35. The lowest BCUT2D eigenvalue weighted by atomic mass is 10.1. The summed E-state index contributed by atoms with van der Waals surface area (Å²) in [4.78, 5) is 29.7. The number of anilines is 1. The number of hydrogen-bond donors (Lipinski definition) is 2. The molecule has 1 aliphatic rings. The van der Waals surface area contributed by atoms with E-state index in [1.54, 1.807) is 42.1 Å². The molecule has 1 amide bonds. The molecule has 10 heteroatoms. The van der Waals surface area contributed by atoms with E-state index in [0.717, 1.165) is 50.5 Å². The number of ether oxygens (including phenoxy) is 1. The summed E-state index contributed by atoms with van der Waals surface area (Å²) in [5.41, 5.74) is 3.27. The summed E-state index contributed by atoms with van der Waals surface area (Å²) in [6, 6.07) is 11.5. The third-order valence-electron chi connectivity index (χ3n) is 5.79. The number of thiophene rings is 1. The van der Waals surface area contributed by atoms with E-state index >= 15 is 0 Å². The van der Waals surface area contributed by atoms with Gasteiger partial charge >= 0.3 is 0 Å². The maximum atomic E-state index is 12.5. The molecule has 0 unspecified atom stereocenters. The molecule has 34 heavy (non-hydrogen) atoms. The monoisotopic (exact) mass is 471 g/mol. The summed E-state index contributed by atoms with van der Waals surface area (Å²) in [6.07, 6.45) is 5.01. The van der Waals surface area contributed by atoms with E-state index < -0.39 is 0 Å². The number of amides is 1. The maximum Gasteiger partial charge on any atom is 0.253 e. The minimum atomic E-state index is -0.155. The number of carbonyl (C=O) groups excluding carboxylic acids is 1. The van der Waals surface area contributed by atoms with Crippen LogP contribution in [-0.2, 0) is 11.3 Å². The van der Waals surface area contributed by atoms with Crippen LogP contribution >= 0.6 is 11.3 Å². The summed E-state index contributed by atoms with van der Waals surface area (Å²) in [5.74, 6) is 1.40. The number of benzene rings is 1. The molecule has 1 fully saturated rings. The number of aromatic nitrogens is 5. The molecule has 6 rings (SSSR count). The van der Waals surface area contributed by atoms with Crippen molar-refractivity contribution in [1.29, 1.82) is 0 Å². The van der Waals surface area contributed by atoms with Gasteiger partial charge < -0.3 is 15.0 Å².